The number of hydrogen-bond donors (Lipinski definition) is 1. The van der Waals surface area contributed by atoms with Crippen molar-refractivity contribution in [3.63, 3.8) is 0 Å². The van der Waals surface area contributed by atoms with Crippen molar-refractivity contribution in [1.82, 2.24) is 9.97 Å². The summed E-state index contributed by atoms with van der Waals surface area (Å²) in [6.07, 6.45) is 0.933. The molecule has 26 heavy (non-hydrogen) atoms. The van der Waals surface area contributed by atoms with Crippen LogP contribution in [-0.4, -0.2) is 22.5 Å². The van der Waals surface area contributed by atoms with Gasteiger partial charge >= 0.3 is 5.97 Å². The molecule has 0 fully saturated rings. The summed E-state index contributed by atoms with van der Waals surface area (Å²) in [5.74, 6) is -0.0678. The number of fused-ring (bicyclic) bond motifs is 1. The van der Waals surface area contributed by atoms with Gasteiger partial charge in [0.2, 0.25) is 0 Å². The number of esters is 1. The van der Waals surface area contributed by atoms with Gasteiger partial charge in [0.25, 0.3) is 0 Å². The lowest BCUT2D eigenvalue weighted by Gasteiger charge is -2.13. The second kappa shape index (κ2) is 7.52. The molecule has 0 radical (unpaired) electrons. The van der Waals surface area contributed by atoms with Crippen LogP contribution in [-0.2, 0) is 11.2 Å². The van der Waals surface area contributed by atoms with E-state index in [2.05, 4.69) is 28.3 Å². The highest BCUT2D eigenvalue weighted by atomic mass is 16.5. The number of aryl methyl sites for hydroxylation is 3. The number of carbonyl (C=O) groups excluding carboxylic acids is 1. The number of benzene rings is 2. The molecule has 1 heterocycles. The van der Waals surface area contributed by atoms with E-state index in [-0.39, 0.29) is 12.3 Å². The summed E-state index contributed by atoms with van der Waals surface area (Å²) >= 11 is 0. The lowest BCUT2D eigenvalue weighted by atomic mass is 10.1. The van der Waals surface area contributed by atoms with Crippen molar-refractivity contribution < 1.29 is 9.53 Å². The van der Waals surface area contributed by atoms with Crippen molar-refractivity contribution in [1.29, 1.82) is 0 Å². The fourth-order valence-corrected chi connectivity index (χ4v) is 2.75. The minimum absolute atomic E-state index is 0.199. The quantitative estimate of drug-likeness (QED) is 0.675. The second-order valence-corrected chi connectivity index (χ2v) is 6.25. The number of ether oxygens (including phenoxy) is 1. The van der Waals surface area contributed by atoms with Crippen LogP contribution in [0.4, 0.5) is 11.5 Å². The second-order valence-electron chi connectivity index (χ2n) is 6.25. The Morgan fingerprint density at radius 2 is 1.73 bits per heavy atom. The lowest BCUT2D eigenvalue weighted by molar-refractivity contribution is 0.0521. The van der Waals surface area contributed by atoms with E-state index < -0.39 is 5.97 Å². The third-order valence-corrected chi connectivity index (χ3v) is 4.35. The van der Waals surface area contributed by atoms with Gasteiger partial charge in [-0.1, -0.05) is 19.1 Å². The zero-order valence-electron chi connectivity index (χ0n) is 15.6. The molecule has 0 amide bonds. The number of nitrogens with zero attached hydrogens (tertiary/aromatic N) is 2. The molecule has 0 aliphatic carbocycles. The Hall–Kier alpha value is -2.95. The minimum atomic E-state index is -0.478. The van der Waals surface area contributed by atoms with Crippen LogP contribution >= 0.6 is 0 Å². The van der Waals surface area contributed by atoms with Gasteiger partial charge in [-0.2, -0.15) is 0 Å². The van der Waals surface area contributed by atoms with E-state index in [0.717, 1.165) is 28.8 Å². The topological polar surface area (TPSA) is 64.1 Å². The Labute approximate surface area is 153 Å². The van der Waals surface area contributed by atoms with E-state index in [1.165, 1.54) is 5.56 Å². The molecule has 2 aromatic carbocycles. The maximum absolute atomic E-state index is 12.4. The summed E-state index contributed by atoms with van der Waals surface area (Å²) in [6.45, 7) is 8.22. The van der Waals surface area contributed by atoms with Gasteiger partial charge in [-0.25, -0.2) is 14.8 Å². The van der Waals surface area contributed by atoms with Gasteiger partial charge in [0.15, 0.2) is 11.5 Å². The van der Waals surface area contributed by atoms with Crippen LogP contribution in [0.1, 0.15) is 41.0 Å². The molecule has 0 aliphatic heterocycles. The van der Waals surface area contributed by atoms with E-state index in [1.54, 1.807) is 6.92 Å². The number of carbonyl (C=O) groups is 1. The first-order chi connectivity index (χ1) is 12.5. The standard InChI is InChI=1S/C21H23N3O2/c1-5-15-8-7-9-16(12-15)22-20-19(21(25)26-6-2)23-17-10-13(3)14(4)11-18(17)24-20/h7-12H,5-6H2,1-4H3,(H,22,24). The van der Waals surface area contributed by atoms with Gasteiger partial charge in [0.1, 0.15) is 0 Å². The van der Waals surface area contributed by atoms with Crippen molar-refractivity contribution in [3.05, 3.63) is 58.8 Å². The average Bonchev–Trinajstić information content (AvgIpc) is 2.63. The molecule has 1 aromatic heterocycles. The highest BCUT2D eigenvalue weighted by Gasteiger charge is 2.18. The number of anilines is 2. The predicted molar refractivity (Wildman–Crippen MR) is 104 cm³/mol. The van der Waals surface area contributed by atoms with Crippen LogP contribution < -0.4 is 5.32 Å². The molecule has 0 bridgehead atoms. The van der Waals surface area contributed by atoms with Crippen molar-refractivity contribution >= 4 is 28.5 Å². The average molecular weight is 349 g/mol. The molecule has 0 saturated heterocycles. The number of aromatic nitrogens is 2. The Kier molecular flexibility index (Phi) is 5.16. The van der Waals surface area contributed by atoms with E-state index in [4.69, 9.17) is 4.74 Å². The van der Waals surface area contributed by atoms with Gasteiger partial charge in [-0.3, -0.25) is 0 Å². The van der Waals surface area contributed by atoms with Crippen LogP contribution in [0, 0.1) is 13.8 Å². The van der Waals surface area contributed by atoms with Gasteiger partial charge in [-0.15, -0.1) is 0 Å². The molecule has 0 atom stereocenters. The molecule has 0 unspecified atom stereocenters. The van der Waals surface area contributed by atoms with Crippen molar-refractivity contribution in [2.75, 3.05) is 11.9 Å². The van der Waals surface area contributed by atoms with Crippen LogP contribution in [0.15, 0.2) is 36.4 Å². The van der Waals surface area contributed by atoms with Crippen molar-refractivity contribution in [2.45, 2.75) is 34.1 Å². The number of rotatable bonds is 5. The Morgan fingerprint density at radius 1 is 1.04 bits per heavy atom. The Morgan fingerprint density at radius 3 is 2.38 bits per heavy atom. The third-order valence-electron chi connectivity index (χ3n) is 4.35. The molecule has 0 spiro atoms. The van der Waals surface area contributed by atoms with Crippen molar-refractivity contribution in [2.24, 2.45) is 0 Å². The Bertz CT molecular complexity index is 967. The third kappa shape index (κ3) is 3.67. The van der Waals surface area contributed by atoms with Gasteiger partial charge in [-0.05, 0) is 68.1 Å². The maximum Gasteiger partial charge on any atom is 0.360 e. The molecule has 134 valence electrons. The monoisotopic (exact) mass is 349 g/mol. The van der Waals surface area contributed by atoms with Crippen LogP contribution in [0.25, 0.3) is 11.0 Å². The van der Waals surface area contributed by atoms with Crippen LogP contribution in [0.3, 0.4) is 0 Å². The van der Waals surface area contributed by atoms with Gasteiger partial charge in [0.05, 0.1) is 17.6 Å². The first kappa shape index (κ1) is 17.9. The van der Waals surface area contributed by atoms with Gasteiger partial charge < -0.3 is 10.1 Å². The summed E-state index contributed by atoms with van der Waals surface area (Å²) in [7, 11) is 0. The number of nitrogens with one attached hydrogen (secondary N) is 1. The molecule has 0 aliphatic rings. The zero-order chi connectivity index (χ0) is 18.7. The van der Waals surface area contributed by atoms with Crippen LogP contribution in [0.2, 0.25) is 0 Å². The van der Waals surface area contributed by atoms with E-state index in [9.17, 15) is 4.79 Å². The van der Waals surface area contributed by atoms with Crippen LogP contribution in [0.5, 0.6) is 0 Å². The Balaban J connectivity index is 2.12. The lowest BCUT2D eigenvalue weighted by Crippen LogP contribution is -2.12. The minimum Gasteiger partial charge on any atom is -0.461 e. The molecule has 3 rings (SSSR count). The fourth-order valence-electron chi connectivity index (χ4n) is 2.75. The summed E-state index contributed by atoms with van der Waals surface area (Å²) in [5, 5.41) is 3.24. The number of hydrogen-bond acceptors (Lipinski definition) is 5. The summed E-state index contributed by atoms with van der Waals surface area (Å²) in [6, 6.07) is 12.0. The smallest absolute Gasteiger partial charge is 0.360 e. The molecular weight excluding hydrogens is 326 g/mol. The molecule has 5 nitrogen and oxygen atoms in total. The highest BCUT2D eigenvalue weighted by Crippen LogP contribution is 2.24. The first-order valence-electron chi connectivity index (χ1n) is 8.84. The normalized spacial score (nSPS) is 10.8. The fraction of sp³-hybridized carbons (Fsp3) is 0.286. The SMILES string of the molecule is CCOC(=O)c1nc2cc(C)c(C)cc2nc1Nc1cccc(CC)c1. The van der Waals surface area contributed by atoms with Crippen molar-refractivity contribution in [3.8, 4) is 0 Å². The molecule has 0 saturated carbocycles. The predicted octanol–water partition coefficient (Wildman–Crippen LogP) is 4.73. The molecule has 1 N–H and O–H groups in total. The highest BCUT2D eigenvalue weighted by molar-refractivity contribution is 5.96. The maximum atomic E-state index is 12.4. The molecular formula is C21H23N3O2. The molecule has 5 heteroatoms. The van der Waals surface area contributed by atoms with E-state index >= 15 is 0 Å². The summed E-state index contributed by atoms with van der Waals surface area (Å²) < 4.78 is 5.17. The van der Waals surface area contributed by atoms with E-state index in [0.29, 0.717) is 11.3 Å². The zero-order valence-corrected chi connectivity index (χ0v) is 15.6. The molecule has 3 aromatic rings. The summed E-state index contributed by atoms with van der Waals surface area (Å²) in [5.41, 5.74) is 5.94. The van der Waals surface area contributed by atoms with Gasteiger partial charge in [0, 0.05) is 5.69 Å². The van der Waals surface area contributed by atoms with E-state index in [1.807, 2.05) is 44.2 Å². The largest absolute Gasteiger partial charge is 0.461 e. The first-order valence-corrected chi connectivity index (χ1v) is 8.84. The summed E-state index contributed by atoms with van der Waals surface area (Å²) in [4.78, 5) is 21.6.